The summed E-state index contributed by atoms with van der Waals surface area (Å²) in [6.45, 7) is 4.41. The molecular formula is C10H25OSi2. The van der Waals surface area contributed by atoms with Gasteiger partial charge in [0, 0.05) is 9.76 Å². The van der Waals surface area contributed by atoms with Crippen LogP contribution < -0.4 is 0 Å². The molecule has 0 unspecified atom stereocenters. The largest absolute Gasteiger partial charge is 0.302 e. The molecule has 0 saturated heterocycles. The second kappa shape index (κ2) is 7.77. The Morgan fingerprint density at radius 3 is 1.62 bits per heavy atom. The van der Waals surface area contributed by atoms with Crippen molar-refractivity contribution in [2.45, 2.75) is 64.5 Å². The molecular weight excluding hydrogens is 192 g/mol. The number of hydrogen-bond acceptors (Lipinski definition) is 0. The number of rotatable bonds is 8. The molecule has 0 saturated carbocycles. The zero-order valence-corrected chi connectivity index (χ0v) is 12.6. The Balaban J connectivity index is 3.42. The van der Waals surface area contributed by atoms with Crippen molar-refractivity contribution in [3.05, 3.63) is 0 Å². The van der Waals surface area contributed by atoms with Crippen molar-refractivity contribution in [2.24, 2.45) is 0 Å². The molecule has 0 heterocycles. The Morgan fingerprint density at radius 1 is 0.923 bits per heavy atom. The van der Waals surface area contributed by atoms with E-state index in [1.54, 1.807) is 0 Å². The Morgan fingerprint density at radius 2 is 1.31 bits per heavy atom. The van der Waals surface area contributed by atoms with E-state index in [1.165, 1.54) is 38.5 Å². The fraction of sp³-hybridized carbons (Fsp3) is 1.00. The third-order valence-corrected chi connectivity index (χ3v) is 8.44. The molecule has 0 aliphatic rings. The van der Waals surface area contributed by atoms with Crippen molar-refractivity contribution in [1.29, 1.82) is 0 Å². The predicted octanol–water partition coefficient (Wildman–Crippen LogP) is 2.60. The molecule has 0 rings (SSSR count). The van der Waals surface area contributed by atoms with Crippen molar-refractivity contribution in [1.82, 2.24) is 0 Å². The highest BCUT2D eigenvalue weighted by atomic mass is 29.2. The number of hydrogen-bond donors (Lipinski definition) is 0. The number of unbranched alkanes of at least 4 members (excludes halogenated alkanes) is 4. The molecule has 0 N–H and O–H groups in total. The third-order valence-electron chi connectivity index (χ3n) is 2.62. The normalized spacial score (nSPS) is 12.2. The smallest absolute Gasteiger partial charge is 0.213 e. The molecule has 0 spiro atoms. The summed E-state index contributed by atoms with van der Waals surface area (Å²) in [7, 11) is -0.924. The Labute approximate surface area is 87.3 Å². The van der Waals surface area contributed by atoms with Crippen LogP contribution in [-0.2, 0) is 4.80 Å². The van der Waals surface area contributed by atoms with Gasteiger partial charge in [0.25, 0.3) is 0 Å². The van der Waals surface area contributed by atoms with Crippen LogP contribution in [0.4, 0.5) is 0 Å². The van der Waals surface area contributed by atoms with E-state index >= 15 is 0 Å². The van der Waals surface area contributed by atoms with Crippen molar-refractivity contribution in [3.8, 4) is 0 Å². The molecule has 3 heteroatoms. The van der Waals surface area contributed by atoms with Gasteiger partial charge in [-0.1, -0.05) is 52.4 Å². The van der Waals surface area contributed by atoms with Gasteiger partial charge in [-0.3, -0.25) is 0 Å². The van der Waals surface area contributed by atoms with Crippen molar-refractivity contribution in [2.75, 3.05) is 0 Å². The van der Waals surface area contributed by atoms with E-state index in [4.69, 9.17) is 0 Å². The van der Waals surface area contributed by atoms with E-state index in [1.807, 2.05) is 0 Å². The molecule has 1 radical (unpaired) electrons. The minimum atomic E-state index is -1.89. The molecule has 0 aromatic carbocycles. The molecule has 0 aliphatic carbocycles. The summed E-state index contributed by atoms with van der Waals surface area (Å²) in [6.07, 6.45) is 7.46. The Bertz CT molecular complexity index is 103. The van der Waals surface area contributed by atoms with Crippen LogP contribution in [0.2, 0.25) is 12.1 Å². The maximum absolute atomic E-state index is 12.1. The second-order valence-electron chi connectivity index (χ2n) is 4.36. The summed E-state index contributed by atoms with van der Waals surface area (Å²) in [6, 6.07) is 2.13. The highest BCUT2D eigenvalue weighted by molar-refractivity contribution is 7.12. The van der Waals surface area contributed by atoms with Crippen LogP contribution in [0, 0.1) is 0 Å². The molecule has 0 aromatic rings. The van der Waals surface area contributed by atoms with Gasteiger partial charge in [-0.05, 0) is 12.1 Å². The van der Waals surface area contributed by atoms with Crippen molar-refractivity contribution < 1.29 is 4.80 Å². The average Bonchev–Trinajstić information content (AvgIpc) is 2.05. The lowest BCUT2D eigenvalue weighted by Gasteiger charge is -2.16. The van der Waals surface area contributed by atoms with Gasteiger partial charge >= 0.3 is 0 Å². The molecule has 0 fully saturated rings. The summed E-state index contributed by atoms with van der Waals surface area (Å²) >= 11 is 0. The summed E-state index contributed by atoms with van der Waals surface area (Å²) in [4.78, 5) is 12.1. The van der Waals surface area contributed by atoms with E-state index in [9.17, 15) is 4.80 Å². The Kier molecular flexibility index (Phi) is 8.00. The van der Waals surface area contributed by atoms with Gasteiger partial charge < -0.3 is 4.80 Å². The first kappa shape index (κ1) is 13.4. The monoisotopic (exact) mass is 217 g/mol. The molecule has 0 atom stereocenters. The van der Waals surface area contributed by atoms with Gasteiger partial charge in [0.1, 0.15) is 0 Å². The molecule has 0 bridgehead atoms. The van der Waals surface area contributed by atoms with E-state index < -0.39 is 7.83 Å². The van der Waals surface area contributed by atoms with Gasteiger partial charge in [0.05, 0.1) is 0 Å². The Hall–Kier alpha value is 0.394. The molecule has 0 aliphatic heterocycles. The summed E-state index contributed by atoms with van der Waals surface area (Å²) < 4.78 is 0. The van der Waals surface area contributed by atoms with Crippen LogP contribution in [0.25, 0.3) is 0 Å². The third kappa shape index (κ3) is 8.72. The molecule has 0 amide bonds. The maximum atomic E-state index is 12.1. The summed E-state index contributed by atoms with van der Waals surface area (Å²) in [5.74, 6) is 0. The molecule has 1 nitrogen and oxygen atoms in total. The van der Waals surface area contributed by atoms with Gasteiger partial charge in [-0.2, -0.15) is 0 Å². The van der Waals surface area contributed by atoms with Crippen molar-refractivity contribution >= 4 is 17.6 Å². The highest BCUT2D eigenvalue weighted by Crippen LogP contribution is 2.17. The maximum Gasteiger partial charge on any atom is 0.213 e. The van der Waals surface area contributed by atoms with E-state index in [0.29, 0.717) is 0 Å². The van der Waals surface area contributed by atoms with Crippen LogP contribution in [0.5, 0.6) is 0 Å². The lowest BCUT2D eigenvalue weighted by atomic mass is 10.3. The van der Waals surface area contributed by atoms with E-state index in [0.717, 1.165) is 21.8 Å². The van der Waals surface area contributed by atoms with Crippen LogP contribution in [0.15, 0.2) is 0 Å². The van der Waals surface area contributed by atoms with Crippen LogP contribution in [0.1, 0.15) is 52.4 Å². The first-order valence-electron chi connectivity index (χ1n) is 5.83. The van der Waals surface area contributed by atoms with Gasteiger partial charge in [-0.15, -0.1) is 0 Å². The molecule has 0 aromatic heterocycles. The van der Waals surface area contributed by atoms with Gasteiger partial charge in [0.15, 0.2) is 0 Å². The topological polar surface area (TPSA) is 19.9 Å². The second-order valence-corrected chi connectivity index (χ2v) is 13.7. The fourth-order valence-corrected chi connectivity index (χ4v) is 5.99. The standard InChI is InChI=1S/C10H25OSi2/c1-3-5-7-9-13(11,12)10-8-6-4-2/h3-10H2,1-2,12H3. The van der Waals surface area contributed by atoms with Crippen LogP contribution in [0.3, 0.4) is 0 Å². The lowest BCUT2D eigenvalue weighted by molar-refractivity contribution is 0.427. The van der Waals surface area contributed by atoms with Gasteiger partial charge in [0.2, 0.25) is 7.83 Å². The average molecular weight is 217 g/mol. The minimum absolute atomic E-state index is 0.965. The van der Waals surface area contributed by atoms with E-state index in [-0.39, 0.29) is 0 Å². The van der Waals surface area contributed by atoms with E-state index in [2.05, 4.69) is 13.8 Å². The SMILES string of the molecule is CCCCC[Si]([O])([SiH3])CCCCC. The fourth-order valence-electron chi connectivity index (χ4n) is 1.62. The quantitative estimate of drug-likeness (QED) is 0.440. The van der Waals surface area contributed by atoms with Gasteiger partial charge in [-0.25, -0.2) is 0 Å². The van der Waals surface area contributed by atoms with Crippen LogP contribution in [-0.4, -0.2) is 17.6 Å². The predicted molar refractivity (Wildman–Crippen MR) is 65.0 cm³/mol. The van der Waals surface area contributed by atoms with Crippen molar-refractivity contribution in [3.63, 3.8) is 0 Å². The minimum Gasteiger partial charge on any atom is -0.302 e. The highest BCUT2D eigenvalue weighted by Gasteiger charge is 2.25. The zero-order chi connectivity index (χ0) is 10.2. The zero-order valence-electron chi connectivity index (χ0n) is 9.57. The first-order chi connectivity index (χ1) is 6.12. The summed E-state index contributed by atoms with van der Waals surface area (Å²) in [5.41, 5.74) is 0. The molecule has 13 heavy (non-hydrogen) atoms. The first-order valence-corrected chi connectivity index (χ1v) is 11.6. The van der Waals surface area contributed by atoms with Crippen LogP contribution >= 0.6 is 0 Å². The molecule has 79 valence electrons. The lowest BCUT2D eigenvalue weighted by Crippen LogP contribution is -2.33. The summed E-state index contributed by atoms with van der Waals surface area (Å²) in [5, 5.41) is 0.